The number of hydrogen-bond acceptors (Lipinski definition) is 4. The van der Waals surface area contributed by atoms with Crippen molar-refractivity contribution in [2.24, 2.45) is 0 Å². The molecule has 0 saturated heterocycles. The highest BCUT2D eigenvalue weighted by Crippen LogP contribution is 2.34. The van der Waals surface area contributed by atoms with Crippen LogP contribution in [-0.4, -0.2) is 31.4 Å². The first-order valence-corrected chi connectivity index (χ1v) is 4.77. The molecule has 0 spiro atoms. The first kappa shape index (κ1) is 10.4. The Hall–Kier alpha value is -1.10. The highest BCUT2D eigenvalue weighted by Gasteiger charge is 2.45. The standard InChI is InChI=1S/C11H14O4/c1-13-11(14-2)10(12)7-8-5-3-4-6-9(8)15-11/h3-6,10,12H,7H2,1-2H3. The Morgan fingerprint density at radius 1 is 1.33 bits per heavy atom. The predicted molar refractivity (Wildman–Crippen MR) is 53.5 cm³/mol. The molecule has 1 heterocycles. The maximum atomic E-state index is 9.89. The number of para-hydroxylation sites is 1. The van der Waals surface area contributed by atoms with Gasteiger partial charge in [0.2, 0.25) is 0 Å². The fourth-order valence-electron chi connectivity index (χ4n) is 1.77. The largest absolute Gasteiger partial charge is 0.437 e. The summed E-state index contributed by atoms with van der Waals surface area (Å²) in [6.07, 6.45) is -0.375. The van der Waals surface area contributed by atoms with E-state index in [1.54, 1.807) is 0 Å². The van der Waals surface area contributed by atoms with Crippen molar-refractivity contribution >= 4 is 0 Å². The Morgan fingerprint density at radius 3 is 2.67 bits per heavy atom. The topological polar surface area (TPSA) is 47.9 Å². The summed E-state index contributed by atoms with van der Waals surface area (Å²) in [6.45, 7) is 0. The lowest BCUT2D eigenvalue weighted by Crippen LogP contribution is -2.54. The summed E-state index contributed by atoms with van der Waals surface area (Å²) >= 11 is 0. The SMILES string of the molecule is COC1(OC)Oc2ccccc2CC1O. The van der Waals surface area contributed by atoms with Crippen LogP contribution in [-0.2, 0) is 15.9 Å². The molecule has 0 fully saturated rings. The number of aliphatic hydroxyl groups is 1. The van der Waals surface area contributed by atoms with Crippen molar-refractivity contribution in [2.45, 2.75) is 18.5 Å². The van der Waals surface area contributed by atoms with E-state index in [-0.39, 0.29) is 0 Å². The summed E-state index contributed by atoms with van der Waals surface area (Å²) in [6, 6.07) is 7.51. The Kier molecular flexibility index (Phi) is 2.65. The van der Waals surface area contributed by atoms with Crippen LogP contribution in [0.2, 0.25) is 0 Å². The van der Waals surface area contributed by atoms with E-state index in [1.807, 2.05) is 24.3 Å². The lowest BCUT2D eigenvalue weighted by Gasteiger charge is -2.38. The molecule has 1 aliphatic heterocycles. The van der Waals surface area contributed by atoms with Gasteiger partial charge in [-0.2, -0.15) is 0 Å². The highest BCUT2D eigenvalue weighted by molar-refractivity contribution is 5.36. The van der Waals surface area contributed by atoms with Crippen LogP contribution in [0.25, 0.3) is 0 Å². The molecule has 0 saturated carbocycles. The third-order valence-corrected chi connectivity index (χ3v) is 2.62. The summed E-state index contributed by atoms with van der Waals surface area (Å²) < 4.78 is 15.7. The van der Waals surface area contributed by atoms with Gasteiger partial charge in [-0.3, -0.25) is 0 Å². The molecule has 15 heavy (non-hydrogen) atoms. The molecule has 0 bridgehead atoms. The van der Waals surface area contributed by atoms with Crippen LogP contribution in [0.3, 0.4) is 0 Å². The zero-order valence-corrected chi connectivity index (χ0v) is 8.77. The number of aliphatic hydroxyl groups excluding tert-OH is 1. The molecular weight excluding hydrogens is 196 g/mol. The molecule has 82 valence electrons. The minimum absolute atomic E-state index is 0.456. The van der Waals surface area contributed by atoms with Crippen molar-refractivity contribution in [1.29, 1.82) is 0 Å². The zero-order chi connectivity index (χ0) is 10.9. The van der Waals surface area contributed by atoms with Crippen molar-refractivity contribution in [3.05, 3.63) is 29.8 Å². The lowest BCUT2D eigenvalue weighted by atomic mass is 10.0. The Bertz CT molecular complexity index is 346. The van der Waals surface area contributed by atoms with Gasteiger partial charge in [-0.1, -0.05) is 18.2 Å². The summed E-state index contributed by atoms with van der Waals surface area (Å²) in [5.74, 6) is -0.694. The van der Waals surface area contributed by atoms with Crippen LogP contribution in [0, 0.1) is 0 Å². The van der Waals surface area contributed by atoms with Crippen LogP contribution in [0.4, 0.5) is 0 Å². The number of hydrogen-bond donors (Lipinski definition) is 1. The molecule has 1 atom stereocenters. The third kappa shape index (κ3) is 1.61. The number of benzene rings is 1. The average molecular weight is 210 g/mol. The molecule has 1 aromatic carbocycles. The van der Waals surface area contributed by atoms with Crippen LogP contribution in [0.5, 0.6) is 5.75 Å². The van der Waals surface area contributed by atoms with Crippen LogP contribution >= 0.6 is 0 Å². The molecule has 0 aliphatic carbocycles. The Balaban J connectivity index is 2.36. The van der Waals surface area contributed by atoms with Crippen LogP contribution < -0.4 is 4.74 Å². The second kappa shape index (κ2) is 3.81. The number of rotatable bonds is 2. The fourth-order valence-corrected chi connectivity index (χ4v) is 1.77. The molecular formula is C11H14O4. The number of ether oxygens (including phenoxy) is 3. The van der Waals surface area contributed by atoms with E-state index in [0.29, 0.717) is 12.2 Å². The molecule has 1 N–H and O–H groups in total. The average Bonchev–Trinajstić information content (AvgIpc) is 2.28. The number of fused-ring (bicyclic) bond motifs is 1. The van der Waals surface area contributed by atoms with Gasteiger partial charge in [0.15, 0.2) is 6.10 Å². The quantitative estimate of drug-likeness (QED) is 0.738. The Labute approximate surface area is 88.4 Å². The zero-order valence-electron chi connectivity index (χ0n) is 8.77. The maximum Gasteiger partial charge on any atom is 0.354 e. The van der Waals surface area contributed by atoms with Gasteiger partial charge in [0, 0.05) is 20.6 Å². The highest BCUT2D eigenvalue weighted by atomic mass is 16.9. The first-order valence-electron chi connectivity index (χ1n) is 4.77. The van der Waals surface area contributed by atoms with E-state index >= 15 is 0 Å². The second-order valence-electron chi connectivity index (χ2n) is 3.44. The maximum absolute atomic E-state index is 9.89. The molecule has 4 heteroatoms. The van der Waals surface area contributed by atoms with E-state index in [9.17, 15) is 5.11 Å². The van der Waals surface area contributed by atoms with Crippen molar-refractivity contribution in [3.63, 3.8) is 0 Å². The lowest BCUT2D eigenvalue weighted by molar-refractivity contribution is -0.366. The fraction of sp³-hybridized carbons (Fsp3) is 0.455. The van der Waals surface area contributed by atoms with Crippen molar-refractivity contribution in [2.75, 3.05) is 14.2 Å². The minimum atomic E-state index is -1.38. The van der Waals surface area contributed by atoms with E-state index in [4.69, 9.17) is 14.2 Å². The molecule has 4 nitrogen and oxygen atoms in total. The van der Waals surface area contributed by atoms with Gasteiger partial charge in [0.05, 0.1) is 0 Å². The van der Waals surface area contributed by atoms with E-state index < -0.39 is 12.1 Å². The molecule has 1 aliphatic rings. The van der Waals surface area contributed by atoms with E-state index in [1.165, 1.54) is 14.2 Å². The van der Waals surface area contributed by atoms with Gasteiger partial charge < -0.3 is 19.3 Å². The third-order valence-electron chi connectivity index (χ3n) is 2.62. The Morgan fingerprint density at radius 2 is 2.00 bits per heavy atom. The summed E-state index contributed by atoms with van der Waals surface area (Å²) in [5.41, 5.74) is 0.953. The van der Waals surface area contributed by atoms with Gasteiger partial charge in [-0.15, -0.1) is 0 Å². The van der Waals surface area contributed by atoms with Crippen molar-refractivity contribution < 1.29 is 19.3 Å². The molecule has 0 radical (unpaired) electrons. The van der Waals surface area contributed by atoms with Crippen LogP contribution in [0.1, 0.15) is 5.56 Å². The predicted octanol–water partition coefficient (Wildman–Crippen LogP) is 0.929. The van der Waals surface area contributed by atoms with Crippen molar-refractivity contribution in [1.82, 2.24) is 0 Å². The van der Waals surface area contributed by atoms with Crippen LogP contribution in [0.15, 0.2) is 24.3 Å². The second-order valence-corrected chi connectivity index (χ2v) is 3.44. The first-order chi connectivity index (χ1) is 7.22. The monoisotopic (exact) mass is 210 g/mol. The van der Waals surface area contributed by atoms with Gasteiger partial charge in [0.1, 0.15) is 5.75 Å². The molecule has 0 aromatic heterocycles. The summed E-state index contributed by atoms with van der Waals surface area (Å²) in [4.78, 5) is 0. The number of methoxy groups -OCH3 is 2. The van der Waals surface area contributed by atoms with E-state index in [2.05, 4.69) is 0 Å². The molecule has 0 amide bonds. The summed E-state index contributed by atoms with van der Waals surface area (Å²) in [7, 11) is 2.89. The summed E-state index contributed by atoms with van der Waals surface area (Å²) in [5, 5.41) is 9.89. The molecule has 1 unspecified atom stereocenters. The molecule has 1 aromatic rings. The smallest absolute Gasteiger partial charge is 0.354 e. The van der Waals surface area contributed by atoms with E-state index in [0.717, 1.165) is 5.56 Å². The van der Waals surface area contributed by atoms with Gasteiger partial charge in [0.25, 0.3) is 0 Å². The minimum Gasteiger partial charge on any atom is -0.437 e. The normalized spacial score (nSPS) is 23.0. The van der Waals surface area contributed by atoms with Gasteiger partial charge >= 0.3 is 5.97 Å². The molecule has 2 rings (SSSR count). The van der Waals surface area contributed by atoms with Crippen molar-refractivity contribution in [3.8, 4) is 5.75 Å². The van der Waals surface area contributed by atoms with Gasteiger partial charge in [-0.25, -0.2) is 0 Å². The van der Waals surface area contributed by atoms with Gasteiger partial charge in [-0.05, 0) is 11.6 Å².